The van der Waals surface area contributed by atoms with E-state index in [-0.39, 0.29) is 0 Å². The summed E-state index contributed by atoms with van der Waals surface area (Å²) in [4.78, 5) is 4.14. The van der Waals surface area contributed by atoms with Crippen molar-refractivity contribution in [2.45, 2.75) is 25.9 Å². The zero-order chi connectivity index (χ0) is 11.1. The van der Waals surface area contributed by atoms with Gasteiger partial charge in [-0.05, 0) is 40.2 Å². The number of pyridine rings is 1. The Bertz CT molecular complexity index is 294. The molecule has 0 aliphatic carbocycles. The molecule has 1 N–H and O–H groups in total. The van der Waals surface area contributed by atoms with Crippen molar-refractivity contribution in [1.82, 2.24) is 10.3 Å². The lowest BCUT2D eigenvalue weighted by Crippen LogP contribution is -2.30. The number of aromatic nitrogens is 1. The molecule has 1 aromatic heterocycles. The first kappa shape index (κ1) is 13.0. The van der Waals surface area contributed by atoms with E-state index in [2.05, 4.69) is 45.5 Å². The first-order chi connectivity index (χ1) is 7.26. The van der Waals surface area contributed by atoms with Gasteiger partial charge in [0, 0.05) is 35.2 Å². The molecule has 2 nitrogen and oxygen atoms in total. The third kappa shape index (κ3) is 5.00. The quantitative estimate of drug-likeness (QED) is 0.871. The molecular formula is C11H17BrN2S. The highest BCUT2D eigenvalue weighted by Gasteiger charge is 2.04. The maximum atomic E-state index is 4.14. The van der Waals surface area contributed by atoms with Gasteiger partial charge < -0.3 is 5.32 Å². The average molecular weight is 289 g/mol. The number of nitrogens with zero attached hydrogens (tertiary/aromatic N) is 1. The molecule has 15 heavy (non-hydrogen) atoms. The van der Waals surface area contributed by atoms with Crippen molar-refractivity contribution in [3.63, 3.8) is 0 Å². The minimum atomic E-state index is 0.596. The molecule has 1 unspecified atom stereocenters. The molecule has 1 rings (SSSR count). The Morgan fingerprint density at radius 2 is 2.33 bits per heavy atom. The Morgan fingerprint density at radius 1 is 1.53 bits per heavy atom. The molecule has 84 valence electrons. The predicted molar refractivity (Wildman–Crippen MR) is 71.2 cm³/mol. The van der Waals surface area contributed by atoms with Gasteiger partial charge in [0.2, 0.25) is 0 Å². The number of rotatable bonds is 6. The van der Waals surface area contributed by atoms with Crippen LogP contribution in [0.1, 0.15) is 18.9 Å². The molecule has 0 saturated heterocycles. The standard InChI is InChI=1S/C11H17BrN2S/c1-3-11(8-15-2)14-6-9-4-10(12)7-13-5-9/h4-5,7,11,14H,3,6,8H2,1-2H3. The summed E-state index contributed by atoms with van der Waals surface area (Å²) in [6.07, 6.45) is 7.03. The Kier molecular flexibility index (Phi) is 6.29. The van der Waals surface area contributed by atoms with Crippen molar-refractivity contribution in [1.29, 1.82) is 0 Å². The van der Waals surface area contributed by atoms with Crippen LogP contribution in [0.2, 0.25) is 0 Å². The van der Waals surface area contributed by atoms with Crippen LogP contribution in [0.15, 0.2) is 22.9 Å². The van der Waals surface area contributed by atoms with E-state index >= 15 is 0 Å². The minimum absolute atomic E-state index is 0.596. The first-order valence-corrected chi connectivity index (χ1v) is 7.26. The molecular weight excluding hydrogens is 272 g/mol. The number of nitrogens with one attached hydrogen (secondary N) is 1. The van der Waals surface area contributed by atoms with Crippen LogP contribution in [-0.4, -0.2) is 23.0 Å². The molecule has 0 aliphatic heterocycles. The summed E-state index contributed by atoms with van der Waals surface area (Å²) in [5.74, 6) is 1.16. The van der Waals surface area contributed by atoms with Gasteiger partial charge in [-0.1, -0.05) is 6.92 Å². The molecule has 4 heteroatoms. The van der Waals surface area contributed by atoms with Crippen LogP contribution >= 0.6 is 27.7 Å². The van der Waals surface area contributed by atoms with E-state index in [4.69, 9.17) is 0 Å². The maximum absolute atomic E-state index is 4.14. The fourth-order valence-corrected chi connectivity index (χ4v) is 2.51. The maximum Gasteiger partial charge on any atom is 0.0410 e. The molecule has 0 aromatic carbocycles. The lowest BCUT2D eigenvalue weighted by Gasteiger charge is -2.15. The molecule has 0 fully saturated rings. The normalized spacial score (nSPS) is 12.7. The zero-order valence-electron chi connectivity index (χ0n) is 9.16. The number of hydrogen-bond donors (Lipinski definition) is 1. The third-order valence-corrected chi connectivity index (χ3v) is 3.39. The summed E-state index contributed by atoms with van der Waals surface area (Å²) in [5, 5.41) is 3.53. The summed E-state index contributed by atoms with van der Waals surface area (Å²) in [7, 11) is 0. The highest BCUT2D eigenvalue weighted by molar-refractivity contribution is 9.10. The van der Waals surface area contributed by atoms with Crippen LogP contribution < -0.4 is 5.32 Å². The van der Waals surface area contributed by atoms with Crippen molar-refractivity contribution in [3.05, 3.63) is 28.5 Å². The van der Waals surface area contributed by atoms with Gasteiger partial charge in [-0.15, -0.1) is 0 Å². The van der Waals surface area contributed by atoms with Crippen molar-refractivity contribution in [3.8, 4) is 0 Å². The molecule has 0 saturated carbocycles. The third-order valence-electron chi connectivity index (χ3n) is 2.22. The van der Waals surface area contributed by atoms with E-state index in [9.17, 15) is 0 Å². The van der Waals surface area contributed by atoms with Crippen LogP contribution in [-0.2, 0) is 6.54 Å². The van der Waals surface area contributed by atoms with Crippen molar-refractivity contribution in [2.75, 3.05) is 12.0 Å². The van der Waals surface area contributed by atoms with Crippen molar-refractivity contribution < 1.29 is 0 Å². The van der Waals surface area contributed by atoms with E-state index in [1.165, 1.54) is 12.0 Å². The molecule has 1 heterocycles. The van der Waals surface area contributed by atoms with Crippen LogP contribution in [0.3, 0.4) is 0 Å². The Morgan fingerprint density at radius 3 is 2.93 bits per heavy atom. The van der Waals surface area contributed by atoms with E-state index in [0.29, 0.717) is 6.04 Å². The monoisotopic (exact) mass is 288 g/mol. The van der Waals surface area contributed by atoms with E-state index in [1.54, 1.807) is 0 Å². The highest BCUT2D eigenvalue weighted by Crippen LogP contribution is 2.10. The molecule has 0 aliphatic rings. The van der Waals surface area contributed by atoms with Gasteiger partial charge in [-0.2, -0.15) is 11.8 Å². The van der Waals surface area contributed by atoms with Gasteiger partial charge >= 0.3 is 0 Å². The largest absolute Gasteiger partial charge is 0.309 e. The van der Waals surface area contributed by atoms with Gasteiger partial charge in [0.05, 0.1) is 0 Å². The van der Waals surface area contributed by atoms with Crippen LogP contribution in [0.4, 0.5) is 0 Å². The van der Waals surface area contributed by atoms with Gasteiger partial charge in [0.1, 0.15) is 0 Å². The molecule has 0 radical (unpaired) electrons. The SMILES string of the molecule is CCC(CSC)NCc1cncc(Br)c1. The Hall–Kier alpha value is -0.0600. The fourth-order valence-electron chi connectivity index (χ4n) is 1.34. The van der Waals surface area contributed by atoms with Gasteiger partial charge in [0.15, 0.2) is 0 Å². The Labute approximate surface area is 104 Å². The van der Waals surface area contributed by atoms with Crippen LogP contribution in [0.25, 0.3) is 0 Å². The second kappa shape index (κ2) is 7.25. The molecule has 0 amide bonds. The molecule has 0 bridgehead atoms. The number of halogens is 1. The van der Waals surface area contributed by atoms with Gasteiger partial charge in [0.25, 0.3) is 0 Å². The second-order valence-corrected chi connectivity index (χ2v) is 5.28. The van der Waals surface area contributed by atoms with Crippen LogP contribution in [0, 0.1) is 0 Å². The smallest absolute Gasteiger partial charge is 0.0410 e. The molecule has 1 atom stereocenters. The fraction of sp³-hybridized carbons (Fsp3) is 0.545. The summed E-state index contributed by atoms with van der Waals surface area (Å²) in [6, 6.07) is 2.70. The van der Waals surface area contributed by atoms with Crippen LogP contribution in [0.5, 0.6) is 0 Å². The number of thioether (sulfide) groups is 1. The lowest BCUT2D eigenvalue weighted by molar-refractivity contribution is 0.540. The lowest BCUT2D eigenvalue weighted by atomic mass is 10.2. The summed E-state index contributed by atoms with van der Waals surface area (Å²) in [5.41, 5.74) is 1.23. The van der Waals surface area contributed by atoms with Crippen molar-refractivity contribution in [2.24, 2.45) is 0 Å². The Balaban J connectivity index is 2.41. The number of hydrogen-bond acceptors (Lipinski definition) is 3. The van der Waals surface area contributed by atoms with E-state index < -0.39 is 0 Å². The second-order valence-electron chi connectivity index (χ2n) is 3.45. The molecule has 0 spiro atoms. The summed E-state index contributed by atoms with van der Waals surface area (Å²) >= 11 is 5.31. The molecule has 1 aromatic rings. The zero-order valence-corrected chi connectivity index (χ0v) is 11.6. The summed E-state index contributed by atoms with van der Waals surface area (Å²) in [6.45, 7) is 3.11. The topological polar surface area (TPSA) is 24.9 Å². The van der Waals surface area contributed by atoms with Crippen molar-refractivity contribution >= 4 is 27.7 Å². The minimum Gasteiger partial charge on any atom is -0.309 e. The summed E-state index contributed by atoms with van der Waals surface area (Å²) < 4.78 is 1.04. The highest BCUT2D eigenvalue weighted by atomic mass is 79.9. The van der Waals surface area contributed by atoms with E-state index in [1.807, 2.05) is 24.2 Å². The van der Waals surface area contributed by atoms with Gasteiger partial charge in [-0.25, -0.2) is 0 Å². The first-order valence-electron chi connectivity index (χ1n) is 5.08. The van der Waals surface area contributed by atoms with Gasteiger partial charge in [-0.3, -0.25) is 4.98 Å². The predicted octanol–water partition coefficient (Wildman–Crippen LogP) is 3.08. The van der Waals surface area contributed by atoms with E-state index in [0.717, 1.165) is 16.8 Å². The average Bonchev–Trinajstić information content (AvgIpc) is 2.24.